The molecule has 2 rings (SSSR count). The minimum absolute atomic E-state index is 0.104. The van der Waals surface area contributed by atoms with Crippen LogP contribution in [0.2, 0.25) is 0 Å². The molecule has 23 heavy (non-hydrogen) atoms. The highest BCUT2D eigenvalue weighted by atomic mass is 16.6. The minimum Gasteiger partial charge on any atom is -0.480 e. The highest BCUT2D eigenvalue weighted by Gasteiger charge is 2.40. The lowest BCUT2D eigenvalue weighted by Crippen LogP contribution is -2.54. The Bertz CT molecular complexity index is 633. The molecule has 1 amide bonds. The quantitative estimate of drug-likeness (QED) is 0.503. The molecule has 1 aliphatic rings. The number of carboxylic acid groups (broad SMARTS) is 1. The molecule has 2 N–H and O–H groups in total. The molecule has 0 aromatic heterocycles. The Balaban J connectivity index is 2.27. The molecule has 0 saturated heterocycles. The second-order valence-corrected chi connectivity index (χ2v) is 6.01. The van der Waals surface area contributed by atoms with Crippen molar-refractivity contribution in [2.24, 2.45) is 0 Å². The molecule has 1 aromatic rings. The molecule has 0 bridgehead atoms. The summed E-state index contributed by atoms with van der Waals surface area (Å²) in [5.74, 6) is -1.63. The zero-order valence-electron chi connectivity index (χ0n) is 13.0. The summed E-state index contributed by atoms with van der Waals surface area (Å²) in [5.41, 5.74) is -0.878. The van der Waals surface area contributed by atoms with Crippen LogP contribution >= 0.6 is 0 Å². The van der Waals surface area contributed by atoms with E-state index in [4.69, 9.17) is 0 Å². The predicted octanol–water partition coefficient (Wildman–Crippen LogP) is 2.81. The number of hydrogen-bond acceptors (Lipinski definition) is 4. The lowest BCUT2D eigenvalue weighted by atomic mass is 9.89. The highest BCUT2D eigenvalue weighted by Crippen LogP contribution is 2.28. The van der Waals surface area contributed by atoms with Crippen molar-refractivity contribution in [1.29, 1.82) is 0 Å². The van der Waals surface area contributed by atoms with Crippen LogP contribution in [0.15, 0.2) is 18.2 Å². The summed E-state index contributed by atoms with van der Waals surface area (Å²) in [7, 11) is 0. The van der Waals surface area contributed by atoms with E-state index in [-0.39, 0.29) is 11.3 Å². The van der Waals surface area contributed by atoms with Crippen molar-refractivity contribution >= 4 is 17.6 Å². The summed E-state index contributed by atoms with van der Waals surface area (Å²) in [6, 6.07) is 4.16. The topological polar surface area (TPSA) is 110 Å². The van der Waals surface area contributed by atoms with E-state index in [1.165, 1.54) is 18.2 Å². The van der Waals surface area contributed by atoms with Crippen LogP contribution in [-0.2, 0) is 4.79 Å². The van der Waals surface area contributed by atoms with Crippen molar-refractivity contribution in [3.63, 3.8) is 0 Å². The van der Waals surface area contributed by atoms with E-state index in [1.807, 2.05) is 0 Å². The maximum Gasteiger partial charge on any atom is 0.329 e. The lowest BCUT2D eigenvalue weighted by Gasteiger charge is -2.29. The fourth-order valence-corrected chi connectivity index (χ4v) is 2.96. The number of hydrogen-bond donors (Lipinski definition) is 2. The molecule has 0 atom stereocenters. The molecule has 1 aliphatic carbocycles. The normalized spacial score (nSPS) is 17.1. The first-order valence-corrected chi connectivity index (χ1v) is 7.67. The average molecular weight is 320 g/mol. The van der Waals surface area contributed by atoms with E-state index < -0.39 is 22.3 Å². The Morgan fingerprint density at radius 2 is 1.83 bits per heavy atom. The van der Waals surface area contributed by atoms with Crippen molar-refractivity contribution in [2.75, 3.05) is 0 Å². The van der Waals surface area contributed by atoms with Gasteiger partial charge in [0, 0.05) is 17.2 Å². The van der Waals surface area contributed by atoms with Crippen LogP contribution in [0.1, 0.15) is 54.4 Å². The third-order valence-corrected chi connectivity index (χ3v) is 4.39. The second-order valence-electron chi connectivity index (χ2n) is 6.01. The zero-order valence-corrected chi connectivity index (χ0v) is 13.0. The number of nitro groups is 1. The summed E-state index contributed by atoms with van der Waals surface area (Å²) in [6.45, 7) is 1.59. The van der Waals surface area contributed by atoms with Gasteiger partial charge in [-0.05, 0) is 25.8 Å². The van der Waals surface area contributed by atoms with E-state index in [9.17, 15) is 24.8 Å². The number of rotatable bonds is 4. The Kier molecular flexibility index (Phi) is 4.98. The number of aryl methyl sites for hydroxylation is 1. The lowest BCUT2D eigenvalue weighted by molar-refractivity contribution is -0.385. The molecular weight excluding hydrogens is 300 g/mol. The number of nitrogens with one attached hydrogen (secondary N) is 1. The largest absolute Gasteiger partial charge is 0.480 e. The summed E-state index contributed by atoms with van der Waals surface area (Å²) in [6.07, 6.45) is 4.12. The fourth-order valence-electron chi connectivity index (χ4n) is 2.96. The maximum absolute atomic E-state index is 12.4. The molecule has 0 aliphatic heterocycles. The van der Waals surface area contributed by atoms with Crippen molar-refractivity contribution in [1.82, 2.24) is 5.32 Å². The van der Waals surface area contributed by atoms with Gasteiger partial charge in [-0.3, -0.25) is 14.9 Å². The molecule has 1 aromatic carbocycles. The van der Waals surface area contributed by atoms with Gasteiger partial charge < -0.3 is 10.4 Å². The second kappa shape index (κ2) is 6.76. The average Bonchev–Trinajstić information content (AvgIpc) is 2.74. The SMILES string of the molecule is Cc1ccc(C(=O)NC2(C(=O)O)CCCCCC2)cc1[N+](=O)[O-]. The van der Waals surface area contributed by atoms with Gasteiger partial charge in [0.2, 0.25) is 0 Å². The third-order valence-electron chi connectivity index (χ3n) is 4.39. The predicted molar refractivity (Wildman–Crippen MR) is 83.4 cm³/mol. The summed E-state index contributed by atoms with van der Waals surface area (Å²) in [4.78, 5) is 34.6. The number of carboxylic acids is 1. The number of aliphatic carboxylic acids is 1. The smallest absolute Gasteiger partial charge is 0.329 e. The number of nitrogens with zero attached hydrogens (tertiary/aromatic N) is 1. The first kappa shape index (κ1) is 16.9. The van der Waals surface area contributed by atoms with Gasteiger partial charge in [-0.15, -0.1) is 0 Å². The van der Waals surface area contributed by atoms with Crippen molar-refractivity contribution in [3.05, 3.63) is 39.4 Å². The number of amides is 1. The van der Waals surface area contributed by atoms with E-state index in [1.54, 1.807) is 6.92 Å². The molecule has 1 saturated carbocycles. The van der Waals surface area contributed by atoms with Crippen LogP contribution in [-0.4, -0.2) is 27.4 Å². The zero-order chi connectivity index (χ0) is 17.0. The fraction of sp³-hybridized carbons (Fsp3) is 0.500. The van der Waals surface area contributed by atoms with Crippen LogP contribution in [0.4, 0.5) is 5.69 Å². The van der Waals surface area contributed by atoms with Crippen molar-refractivity contribution in [2.45, 2.75) is 51.0 Å². The number of carbonyl (C=O) groups is 2. The summed E-state index contributed by atoms with van der Waals surface area (Å²) < 4.78 is 0. The van der Waals surface area contributed by atoms with Gasteiger partial charge in [0.1, 0.15) is 5.54 Å². The number of benzene rings is 1. The highest BCUT2D eigenvalue weighted by molar-refractivity contribution is 5.98. The van der Waals surface area contributed by atoms with Gasteiger partial charge in [-0.2, -0.15) is 0 Å². The Labute approximate surface area is 133 Å². The molecule has 0 radical (unpaired) electrons. The summed E-state index contributed by atoms with van der Waals surface area (Å²) >= 11 is 0. The number of nitro benzene ring substituents is 1. The van der Waals surface area contributed by atoms with Crippen molar-refractivity contribution < 1.29 is 19.6 Å². The maximum atomic E-state index is 12.4. The van der Waals surface area contributed by atoms with Crippen LogP contribution in [0.5, 0.6) is 0 Å². The minimum atomic E-state index is -1.28. The first-order chi connectivity index (χ1) is 10.9. The van der Waals surface area contributed by atoms with E-state index >= 15 is 0 Å². The Hall–Kier alpha value is -2.44. The molecule has 124 valence electrons. The monoisotopic (exact) mass is 320 g/mol. The Morgan fingerprint density at radius 1 is 1.22 bits per heavy atom. The van der Waals surface area contributed by atoms with E-state index in [2.05, 4.69) is 5.32 Å². The Morgan fingerprint density at radius 3 is 2.35 bits per heavy atom. The van der Waals surface area contributed by atoms with Gasteiger partial charge in [0.25, 0.3) is 11.6 Å². The van der Waals surface area contributed by atoms with Gasteiger partial charge >= 0.3 is 5.97 Å². The standard InChI is InChI=1S/C16H20N2O5/c1-11-6-7-12(10-13(11)18(22)23)14(19)17-16(15(20)21)8-4-2-3-5-9-16/h6-7,10H,2-5,8-9H2,1H3,(H,17,19)(H,20,21). The van der Waals surface area contributed by atoms with Crippen molar-refractivity contribution in [3.8, 4) is 0 Å². The molecule has 0 unspecified atom stereocenters. The van der Waals surface area contributed by atoms with Crippen LogP contribution in [0, 0.1) is 17.0 Å². The van der Waals surface area contributed by atoms with Gasteiger partial charge in [-0.1, -0.05) is 31.7 Å². The van der Waals surface area contributed by atoms with Crippen LogP contribution in [0.3, 0.4) is 0 Å². The first-order valence-electron chi connectivity index (χ1n) is 7.67. The van der Waals surface area contributed by atoms with Gasteiger partial charge in [0.05, 0.1) is 4.92 Å². The number of carbonyl (C=O) groups excluding carboxylic acids is 1. The third kappa shape index (κ3) is 3.67. The van der Waals surface area contributed by atoms with Gasteiger partial charge in [-0.25, -0.2) is 4.79 Å². The molecule has 7 heteroatoms. The molecule has 1 fully saturated rings. The summed E-state index contributed by atoms with van der Waals surface area (Å²) in [5, 5.41) is 23.2. The molecule has 0 heterocycles. The molecular formula is C16H20N2O5. The molecule has 7 nitrogen and oxygen atoms in total. The van der Waals surface area contributed by atoms with Crippen LogP contribution in [0.25, 0.3) is 0 Å². The van der Waals surface area contributed by atoms with Gasteiger partial charge in [0.15, 0.2) is 0 Å². The van der Waals surface area contributed by atoms with Crippen LogP contribution < -0.4 is 5.32 Å². The molecule has 0 spiro atoms. The van der Waals surface area contributed by atoms with E-state index in [0.29, 0.717) is 18.4 Å². The van der Waals surface area contributed by atoms with E-state index in [0.717, 1.165) is 25.7 Å².